The molecule has 4 nitrogen and oxygen atoms in total. The molecule has 0 aliphatic rings. The van der Waals surface area contributed by atoms with E-state index >= 15 is 0 Å². The van der Waals surface area contributed by atoms with Crippen LogP contribution in [0.15, 0.2) is 15.3 Å². The molecule has 0 amide bonds. The highest BCUT2D eigenvalue weighted by atomic mass is 79.9. The Bertz CT molecular complexity index is 489. The molecule has 3 N–H and O–H groups in total. The maximum atomic E-state index is 11.1. The van der Waals surface area contributed by atoms with Crippen LogP contribution in [-0.2, 0) is 0 Å². The molecule has 0 aromatic carbocycles. The number of aromatic nitrogens is 2. The van der Waals surface area contributed by atoms with Crippen molar-refractivity contribution in [2.75, 3.05) is 5.73 Å². The summed E-state index contributed by atoms with van der Waals surface area (Å²) >= 11 is 4.46. The van der Waals surface area contributed by atoms with Gasteiger partial charge in [0.25, 0.3) is 5.56 Å². The van der Waals surface area contributed by atoms with Gasteiger partial charge in [-0.1, -0.05) is 11.3 Å². The third-order valence-electron chi connectivity index (χ3n) is 1.38. The predicted octanol–water partition coefficient (Wildman–Crippen LogP) is 1.33. The largest absolute Gasteiger partial charge is 0.375 e. The van der Waals surface area contributed by atoms with Crippen molar-refractivity contribution in [2.45, 2.75) is 0 Å². The van der Waals surface area contributed by atoms with E-state index in [-0.39, 0.29) is 5.56 Å². The highest BCUT2D eigenvalue weighted by molar-refractivity contribution is 9.10. The van der Waals surface area contributed by atoms with Crippen LogP contribution in [0.2, 0.25) is 0 Å². The van der Waals surface area contributed by atoms with E-state index in [2.05, 4.69) is 25.9 Å². The molecule has 0 bridgehead atoms. The maximum Gasteiger partial charge on any atom is 0.263 e. The van der Waals surface area contributed by atoms with Gasteiger partial charge >= 0.3 is 0 Å². The van der Waals surface area contributed by atoms with Crippen LogP contribution in [0.4, 0.5) is 5.13 Å². The first-order chi connectivity index (χ1) is 5.66. The number of hydrogen-bond acceptors (Lipinski definition) is 4. The predicted molar refractivity (Wildman–Crippen MR) is 52.4 cm³/mol. The molecule has 0 saturated heterocycles. The number of aromatic amines is 1. The number of anilines is 1. The first-order valence-electron chi connectivity index (χ1n) is 3.11. The van der Waals surface area contributed by atoms with Crippen molar-refractivity contribution < 1.29 is 0 Å². The quantitative estimate of drug-likeness (QED) is 0.736. The van der Waals surface area contributed by atoms with Gasteiger partial charge in [0.2, 0.25) is 0 Å². The third-order valence-corrected chi connectivity index (χ3v) is 2.80. The van der Waals surface area contributed by atoms with Crippen LogP contribution in [0.3, 0.4) is 0 Å². The second-order valence-electron chi connectivity index (χ2n) is 2.21. The van der Waals surface area contributed by atoms with Gasteiger partial charge in [-0.2, -0.15) is 0 Å². The monoisotopic (exact) mass is 245 g/mol. The molecule has 0 unspecified atom stereocenters. The number of nitrogen functional groups attached to an aromatic ring is 1. The molecule has 2 aromatic rings. The molecular formula is C6H4BrN3OS. The molecule has 0 spiro atoms. The average molecular weight is 246 g/mol. The summed E-state index contributed by atoms with van der Waals surface area (Å²) in [5.74, 6) is 0. The van der Waals surface area contributed by atoms with Gasteiger partial charge in [0.15, 0.2) is 10.8 Å². The van der Waals surface area contributed by atoms with Gasteiger partial charge in [0.05, 0.1) is 9.17 Å². The van der Waals surface area contributed by atoms with Crippen LogP contribution in [0, 0.1) is 0 Å². The topological polar surface area (TPSA) is 71.8 Å². The number of nitrogens with zero attached hydrogens (tertiary/aromatic N) is 1. The molecule has 0 aliphatic carbocycles. The van der Waals surface area contributed by atoms with Crippen molar-refractivity contribution in [3.63, 3.8) is 0 Å². The van der Waals surface area contributed by atoms with E-state index in [1.54, 1.807) is 6.07 Å². The van der Waals surface area contributed by atoms with Crippen molar-refractivity contribution >= 4 is 42.7 Å². The number of H-pyrrole nitrogens is 1. The van der Waals surface area contributed by atoms with Gasteiger partial charge in [-0.25, -0.2) is 4.98 Å². The first kappa shape index (κ1) is 7.75. The fourth-order valence-electron chi connectivity index (χ4n) is 0.884. The molecule has 12 heavy (non-hydrogen) atoms. The maximum absolute atomic E-state index is 11.1. The number of nitrogens with one attached hydrogen (secondary N) is 1. The Labute approximate surface area is 79.6 Å². The Morgan fingerprint density at radius 2 is 2.42 bits per heavy atom. The normalized spacial score (nSPS) is 10.8. The Morgan fingerprint density at radius 1 is 1.67 bits per heavy atom. The Kier molecular flexibility index (Phi) is 1.66. The minimum absolute atomic E-state index is 0.187. The van der Waals surface area contributed by atoms with Crippen LogP contribution in [0.1, 0.15) is 0 Å². The lowest BCUT2D eigenvalue weighted by atomic mass is 10.5. The summed E-state index contributed by atoms with van der Waals surface area (Å²) in [6, 6.07) is 1.71. The number of thiazole rings is 1. The molecule has 6 heteroatoms. The Morgan fingerprint density at radius 3 is 3.17 bits per heavy atom. The number of hydrogen-bond donors (Lipinski definition) is 2. The van der Waals surface area contributed by atoms with Crippen LogP contribution >= 0.6 is 27.3 Å². The van der Waals surface area contributed by atoms with Gasteiger partial charge in [-0.15, -0.1) is 0 Å². The number of rotatable bonds is 0. The number of pyridine rings is 1. The van der Waals surface area contributed by atoms with Crippen molar-refractivity contribution in [2.24, 2.45) is 0 Å². The van der Waals surface area contributed by atoms with Gasteiger partial charge in [-0.3, -0.25) is 4.79 Å². The van der Waals surface area contributed by atoms with Crippen molar-refractivity contribution in [1.82, 2.24) is 9.97 Å². The lowest BCUT2D eigenvalue weighted by Gasteiger charge is -1.87. The molecule has 0 atom stereocenters. The van der Waals surface area contributed by atoms with Crippen molar-refractivity contribution in [3.8, 4) is 0 Å². The second kappa shape index (κ2) is 2.56. The average Bonchev–Trinajstić information content (AvgIpc) is 2.30. The number of nitrogens with two attached hydrogens (primary N) is 1. The molecule has 0 fully saturated rings. The highest BCUT2D eigenvalue weighted by Gasteiger charge is 2.03. The fourth-order valence-corrected chi connectivity index (χ4v) is 2.10. The summed E-state index contributed by atoms with van der Waals surface area (Å²) in [6.45, 7) is 0. The van der Waals surface area contributed by atoms with E-state index in [4.69, 9.17) is 5.73 Å². The summed E-state index contributed by atoms with van der Waals surface area (Å²) in [7, 11) is 0. The highest BCUT2D eigenvalue weighted by Crippen LogP contribution is 2.22. The molecular weight excluding hydrogens is 242 g/mol. The van der Waals surface area contributed by atoms with E-state index < -0.39 is 0 Å². The van der Waals surface area contributed by atoms with E-state index in [0.29, 0.717) is 15.3 Å². The minimum atomic E-state index is -0.187. The second-order valence-corrected chi connectivity index (χ2v) is 4.13. The van der Waals surface area contributed by atoms with Crippen LogP contribution in [0.25, 0.3) is 10.3 Å². The molecule has 2 rings (SSSR count). The molecule has 0 aliphatic heterocycles. The van der Waals surface area contributed by atoms with Gasteiger partial charge in [0, 0.05) is 0 Å². The molecule has 2 heterocycles. The lowest BCUT2D eigenvalue weighted by Crippen LogP contribution is -2.05. The summed E-state index contributed by atoms with van der Waals surface area (Å²) in [5, 5.41) is 0.457. The third kappa shape index (κ3) is 1.12. The summed E-state index contributed by atoms with van der Waals surface area (Å²) in [4.78, 5) is 17.6. The zero-order chi connectivity index (χ0) is 8.72. The van der Waals surface area contributed by atoms with Gasteiger partial charge < -0.3 is 10.7 Å². The fraction of sp³-hybridized carbons (Fsp3) is 0. The first-order valence-corrected chi connectivity index (χ1v) is 4.72. The standard InChI is InChI=1S/C6H4BrN3OS/c7-2-1-3-4(9-5(2)11)10-6(8)12-3/h1H,(H3,8,9,10,11). The Balaban J connectivity index is 2.92. The molecule has 62 valence electrons. The van der Waals surface area contributed by atoms with Gasteiger partial charge in [0.1, 0.15) is 0 Å². The lowest BCUT2D eigenvalue weighted by molar-refractivity contribution is 1.24. The SMILES string of the molecule is Nc1nc2[nH]c(=O)c(Br)cc2s1. The smallest absolute Gasteiger partial charge is 0.263 e. The zero-order valence-electron chi connectivity index (χ0n) is 5.80. The molecule has 0 radical (unpaired) electrons. The number of halogens is 1. The summed E-state index contributed by atoms with van der Waals surface area (Å²) in [6.07, 6.45) is 0. The summed E-state index contributed by atoms with van der Waals surface area (Å²) in [5.41, 5.74) is 5.82. The Hall–Kier alpha value is -0.880. The van der Waals surface area contributed by atoms with E-state index in [1.165, 1.54) is 11.3 Å². The van der Waals surface area contributed by atoms with E-state index in [9.17, 15) is 4.79 Å². The molecule has 2 aromatic heterocycles. The number of fused-ring (bicyclic) bond motifs is 1. The van der Waals surface area contributed by atoms with E-state index in [1.807, 2.05) is 0 Å². The van der Waals surface area contributed by atoms with Crippen molar-refractivity contribution in [3.05, 3.63) is 20.9 Å². The van der Waals surface area contributed by atoms with Crippen LogP contribution in [-0.4, -0.2) is 9.97 Å². The van der Waals surface area contributed by atoms with Crippen molar-refractivity contribution in [1.29, 1.82) is 0 Å². The van der Waals surface area contributed by atoms with E-state index in [0.717, 1.165) is 4.70 Å². The summed E-state index contributed by atoms with van der Waals surface area (Å²) < 4.78 is 1.37. The van der Waals surface area contributed by atoms with Crippen LogP contribution < -0.4 is 11.3 Å². The minimum Gasteiger partial charge on any atom is -0.375 e. The van der Waals surface area contributed by atoms with Gasteiger partial charge in [-0.05, 0) is 22.0 Å². The van der Waals surface area contributed by atoms with Crippen LogP contribution in [0.5, 0.6) is 0 Å². The molecule has 0 saturated carbocycles. The zero-order valence-corrected chi connectivity index (χ0v) is 8.20.